The number of rotatable bonds is 8. The van der Waals surface area contributed by atoms with E-state index >= 15 is 0 Å². The summed E-state index contributed by atoms with van der Waals surface area (Å²) in [5, 5.41) is 6.46. The molecule has 0 spiro atoms. The Bertz CT molecular complexity index is 1610. The number of hydrogen-bond donors (Lipinski definition) is 2. The molecule has 0 aliphatic heterocycles. The lowest BCUT2D eigenvalue weighted by atomic mass is 9.84. The fourth-order valence-electron chi connectivity index (χ4n) is 5.05. The molecule has 2 heterocycles. The zero-order valence-corrected chi connectivity index (χ0v) is 22.7. The van der Waals surface area contributed by atoms with E-state index < -0.39 is 5.92 Å². The maximum Gasteiger partial charge on any atom is 0.275 e. The van der Waals surface area contributed by atoms with Crippen LogP contribution in [0.5, 0.6) is 11.5 Å². The normalized spacial score (nSPS) is 11.4. The average molecular weight is 525 g/mol. The van der Waals surface area contributed by atoms with Crippen LogP contribution in [0.2, 0.25) is 0 Å². The summed E-state index contributed by atoms with van der Waals surface area (Å²) in [6.45, 7) is 7.56. The third kappa shape index (κ3) is 4.69. The Labute approximate surface area is 226 Å². The van der Waals surface area contributed by atoms with E-state index in [1.807, 2.05) is 107 Å². The summed E-state index contributed by atoms with van der Waals surface area (Å²) in [6.07, 6.45) is -0.165. The monoisotopic (exact) mass is 524 g/mol. The van der Waals surface area contributed by atoms with E-state index in [-0.39, 0.29) is 17.2 Å². The summed E-state index contributed by atoms with van der Waals surface area (Å²) >= 11 is 0. The van der Waals surface area contributed by atoms with Crippen molar-refractivity contribution in [1.82, 2.24) is 19.6 Å². The molecule has 0 aliphatic carbocycles. The summed E-state index contributed by atoms with van der Waals surface area (Å²) < 4.78 is 15.0. The fraction of sp³-hybridized carbons (Fsp3) is 0.226. The van der Waals surface area contributed by atoms with Gasteiger partial charge in [0.1, 0.15) is 0 Å². The minimum Gasteiger partial charge on any atom is -0.493 e. The van der Waals surface area contributed by atoms with Gasteiger partial charge in [-0.05, 0) is 58.0 Å². The van der Waals surface area contributed by atoms with Crippen molar-refractivity contribution >= 4 is 0 Å². The van der Waals surface area contributed by atoms with E-state index in [1.54, 1.807) is 7.11 Å². The lowest BCUT2D eigenvalue weighted by molar-refractivity contribution is 0.227. The molecule has 39 heavy (non-hydrogen) atoms. The second kappa shape index (κ2) is 10.6. The lowest BCUT2D eigenvalue weighted by Gasteiger charge is -2.23. The van der Waals surface area contributed by atoms with Crippen molar-refractivity contribution in [2.45, 2.75) is 39.7 Å². The molecule has 0 aliphatic rings. The molecule has 8 heteroatoms. The Morgan fingerprint density at radius 3 is 1.62 bits per heavy atom. The van der Waals surface area contributed by atoms with Gasteiger partial charge in [-0.1, -0.05) is 48.5 Å². The number of para-hydroxylation sites is 3. The highest BCUT2D eigenvalue weighted by molar-refractivity contribution is 5.56. The zero-order valence-electron chi connectivity index (χ0n) is 22.7. The predicted octanol–water partition coefficient (Wildman–Crippen LogP) is 5.24. The van der Waals surface area contributed by atoms with Crippen molar-refractivity contribution in [3.8, 4) is 22.9 Å². The van der Waals surface area contributed by atoms with Gasteiger partial charge in [0.25, 0.3) is 11.1 Å². The number of hydrogen-bond acceptors (Lipinski definition) is 4. The lowest BCUT2D eigenvalue weighted by Crippen LogP contribution is -2.26. The Morgan fingerprint density at radius 1 is 0.692 bits per heavy atom. The molecule has 0 radical (unpaired) electrons. The van der Waals surface area contributed by atoms with Crippen molar-refractivity contribution in [2.24, 2.45) is 0 Å². The summed E-state index contributed by atoms with van der Waals surface area (Å²) in [6, 6.07) is 24.3. The summed E-state index contributed by atoms with van der Waals surface area (Å²) in [7, 11) is 1.58. The van der Waals surface area contributed by atoms with Gasteiger partial charge >= 0.3 is 0 Å². The third-order valence-corrected chi connectivity index (χ3v) is 6.73. The first-order chi connectivity index (χ1) is 18.8. The van der Waals surface area contributed by atoms with E-state index in [4.69, 9.17) is 9.47 Å². The number of methoxy groups -OCH3 is 1. The van der Waals surface area contributed by atoms with Gasteiger partial charge in [0.15, 0.2) is 11.5 Å². The number of aromatic nitrogens is 4. The molecular weight excluding hydrogens is 492 g/mol. The van der Waals surface area contributed by atoms with Gasteiger partial charge in [-0.15, -0.1) is 0 Å². The molecule has 5 aromatic rings. The predicted molar refractivity (Wildman–Crippen MR) is 152 cm³/mol. The Morgan fingerprint density at radius 2 is 1.18 bits per heavy atom. The van der Waals surface area contributed by atoms with Crippen molar-refractivity contribution < 1.29 is 9.47 Å². The molecule has 8 nitrogen and oxygen atoms in total. The van der Waals surface area contributed by atoms with Crippen LogP contribution in [0, 0.1) is 13.8 Å². The topological polar surface area (TPSA) is 94.0 Å². The number of nitrogens with one attached hydrogen (secondary N) is 2. The number of aromatic amines is 2. The van der Waals surface area contributed by atoms with E-state index in [1.165, 1.54) is 9.36 Å². The minimum absolute atomic E-state index is 0.165. The Balaban J connectivity index is 1.84. The van der Waals surface area contributed by atoms with Crippen molar-refractivity contribution in [3.05, 3.63) is 128 Å². The van der Waals surface area contributed by atoms with Crippen LogP contribution in [0.4, 0.5) is 0 Å². The molecule has 0 unspecified atom stereocenters. The summed E-state index contributed by atoms with van der Waals surface area (Å²) in [4.78, 5) is 28.2. The van der Waals surface area contributed by atoms with E-state index in [0.29, 0.717) is 51.0 Å². The van der Waals surface area contributed by atoms with Crippen LogP contribution in [0.1, 0.15) is 47.8 Å². The second-order valence-corrected chi connectivity index (χ2v) is 9.73. The number of ether oxygens (including phenoxy) is 2. The van der Waals surface area contributed by atoms with Crippen LogP contribution < -0.4 is 20.6 Å². The standard InChI is InChI=1S/C31H32N4O4/c1-19(2)39-29-24(17-12-18-25(29)38-5)28(26-20(3)32-34(30(26)36)22-13-8-6-9-14-22)27-21(4)33-35(31(27)37)23-15-10-7-11-16-23/h6-19,28,32-33H,1-5H3. The highest BCUT2D eigenvalue weighted by Gasteiger charge is 2.34. The van der Waals surface area contributed by atoms with Gasteiger partial charge in [-0.25, -0.2) is 9.36 Å². The van der Waals surface area contributed by atoms with Crippen molar-refractivity contribution in [3.63, 3.8) is 0 Å². The SMILES string of the molecule is COc1cccc(C(c2c(C)[nH]n(-c3ccccc3)c2=O)c2c(C)[nH]n(-c3ccccc3)c2=O)c1OC(C)C. The second-order valence-electron chi connectivity index (χ2n) is 9.73. The van der Waals surface area contributed by atoms with Crippen LogP contribution in [0.3, 0.4) is 0 Å². The Hall–Kier alpha value is -4.72. The molecule has 0 bridgehead atoms. The Kier molecular flexibility index (Phi) is 7.02. The highest BCUT2D eigenvalue weighted by Crippen LogP contribution is 2.42. The van der Waals surface area contributed by atoms with Gasteiger partial charge in [0.2, 0.25) is 0 Å². The molecule has 0 saturated carbocycles. The molecule has 3 aromatic carbocycles. The van der Waals surface area contributed by atoms with E-state index in [9.17, 15) is 9.59 Å². The van der Waals surface area contributed by atoms with Crippen molar-refractivity contribution in [2.75, 3.05) is 7.11 Å². The van der Waals surface area contributed by atoms with Gasteiger partial charge in [-0.3, -0.25) is 19.8 Å². The molecule has 200 valence electrons. The van der Waals surface area contributed by atoms with Crippen LogP contribution in [-0.4, -0.2) is 32.8 Å². The first kappa shape index (κ1) is 25.9. The van der Waals surface area contributed by atoms with Gasteiger partial charge in [0.05, 0.1) is 41.6 Å². The van der Waals surface area contributed by atoms with E-state index in [0.717, 1.165) is 0 Å². The van der Waals surface area contributed by atoms with Crippen molar-refractivity contribution in [1.29, 1.82) is 0 Å². The number of nitrogens with zero attached hydrogens (tertiary/aromatic N) is 2. The minimum atomic E-state index is -0.740. The smallest absolute Gasteiger partial charge is 0.275 e. The molecule has 0 saturated heterocycles. The van der Waals surface area contributed by atoms with Gasteiger partial charge in [-0.2, -0.15) is 0 Å². The third-order valence-electron chi connectivity index (χ3n) is 6.73. The largest absolute Gasteiger partial charge is 0.493 e. The van der Waals surface area contributed by atoms with Gasteiger partial charge < -0.3 is 9.47 Å². The maximum atomic E-state index is 14.1. The van der Waals surface area contributed by atoms with Gasteiger partial charge in [0, 0.05) is 17.0 Å². The number of aryl methyl sites for hydroxylation is 2. The van der Waals surface area contributed by atoms with Crippen LogP contribution >= 0.6 is 0 Å². The summed E-state index contributed by atoms with van der Waals surface area (Å²) in [5.74, 6) is 0.285. The molecular formula is C31H32N4O4. The number of benzene rings is 3. The molecule has 0 atom stereocenters. The summed E-state index contributed by atoms with van der Waals surface area (Å²) in [5.41, 5.74) is 3.81. The first-order valence-electron chi connectivity index (χ1n) is 12.9. The molecule has 2 N–H and O–H groups in total. The van der Waals surface area contributed by atoms with E-state index in [2.05, 4.69) is 10.2 Å². The molecule has 0 amide bonds. The first-order valence-corrected chi connectivity index (χ1v) is 12.9. The fourth-order valence-corrected chi connectivity index (χ4v) is 5.05. The van der Waals surface area contributed by atoms with Crippen LogP contribution in [-0.2, 0) is 0 Å². The number of H-pyrrole nitrogens is 2. The zero-order chi connectivity index (χ0) is 27.7. The molecule has 0 fully saturated rings. The average Bonchev–Trinajstić information content (AvgIpc) is 3.40. The van der Waals surface area contributed by atoms with Crippen LogP contribution in [0.25, 0.3) is 11.4 Å². The highest BCUT2D eigenvalue weighted by atomic mass is 16.5. The van der Waals surface area contributed by atoms with Crippen LogP contribution in [0.15, 0.2) is 88.5 Å². The molecule has 2 aromatic heterocycles. The maximum absolute atomic E-state index is 14.1. The molecule has 5 rings (SSSR count). The quantitative estimate of drug-likeness (QED) is 0.290.